The Kier molecular flexibility index (Phi) is 2.50. The second-order valence-electron chi connectivity index (χ2n) is 9.44. The van der Waals surface area contributed by atoms with Gasteiger partial charge in [0.25, 0.3) is 0 Å². The van der Waals surface area contributed by atoms with Crippen molar-refractivity contribution < 1.29 is 17.7 Å². The van der Waals surface area contributed by atoms with Gasteiger partial charge in [0.1, 0.15) is 0 Å². The minimum absolute atomic E-state index is 0.750. The number of ether oxygens (including phenoxy) is 1. The Morgan fingerprint density at radius 3 is 2.94 bits per heavy atom. The van der Waals surface area contributed by atoms with Gasteiger partial charge in [-0.15, -0.1) is 0 Å². The maximum absolute atomic E-state index is 14.0. The first kappa shape index (κ1) is 17.3. The predicted molar refractivity (Wildman–Crippen MR) is 125 cm³/mol. The van der Waals surface area contributed by atoms with Gasteiger partial charge in [-0.2, -0.15) is 0 Å². The molecule has 0 bridgehead atoms. The molecule has 9 heteroatoms. The van der Waals surface area contributed by atoms with Gasteiger partial charge in [-0.05, 0) is 0 Å². The minimum atomic E-state index is -2.56. The quantitative estimate of drug-likeness (QED) is 0.223. The van der Waals surface area contributed by atoms with Crippen LogP contribution < -0.4 is 22.8 Å². The number of rotatable bonds is 0. The third-order valence-corrected chi connectivity index (χ3v) is 10.8. The van der Waals surface area contributed by atoms with Gasteiger partial charge in [0, 0.05) is 0 Å². The Labute approximate surface area is 201 Å². The summed E-state index contributed by atoms with van der Waals surface area (Å²) in [5.41, 5.74) is 6.97. The molecule has 0 saturated carbocycles. The Bertz CT molecular complexity index is 2090. The average Bonchev–Trinajstić information content (AvgIpc) is 3.51. The number of fused-ring (bicyclic) bond motifs is 3. The van der Waals surface area contributed by atoms with Crippen LogP contribution in [0, 0.1) is 6.92 Å². The second-order valence-corrected chi connectivity index (χ2v) is 12.4. The molecule has 8 nitrogen and oxygen atoms in total. The molecule has 164 valence electrons. The Hall–Kier alpha value is -4.20. The van der Waals surface area contributed by atoms with Crippen molar-refractivity contribution in [1.29, 1.82) is 0 Å². The molecule has 6 aromatic rings. The summed E-state index contributed by atoms with van der Waals surface area (Å²) in [6.07, 6.45) is 5.80. The number of hydrogen-bond acceptors (Lipinski definition) is 4. The van der Waals surface area contributed by atoms with Crippen molar-refractivity contribution in [2.45, 2.75) is 12.7 Å². The van der Waals surface area contributed by atoms with Crippen LogP contribution in [0.15, 0.2) is 67.1 Å². The van der Waals surface area contributed by atoms with Crippen molar-refractivity contribution in [1.82, 2.24) is 19.3 Å². The van der Waals surface area contributed by atoms with Gasteiger partial charge in [-0.25, -0.2) is 0 Å². The van der Waals surface area contributed by atoms with E-state index < -0.39 is 19.6 Å². The first-order valence-corrected chi connectivity index (χ1v) is 13.8. The first-order chi connectivity index (χ1) is 17.2. The van der Waals surface area contributed by atoms with Crippen LogP contribution in [0.5, 0.6) is 11.6 Å². The van der Waals surface area contributed by atoms with Crippen LogP contribution in [0.1, 0.15) is 11.3 Å². The van der Waals surface area contributed by atoms with Gasteiger partial charge in [0.15, 0.2) is 0 Å². The zero-order valence-corrected chi connectivity index (χ0v) is 20.0. The zero-order chi connectivity index (χ0) is 22.8. The molecular formula is C26H14N6O2Se+2. The van der Waals surface area contributed by atoms with E-state index in [9.17, 15) is 3.83 Å². The van der Waals surface area contributed by atoms with E-state index >= 15 is 0 Å². The van der Waals surface area contributed by atoms with E-state index in [4.69, 9.17) is 9.84 Å². The van der Waals surface area contributed by atoms with E-state index in [2.05, 4.69) is 53.8 Å². The van der Waals surface area contributed by atoms with Crippen molar-refractivity contribution in [3.8, 4) is 28.7 Å². The standard InChI is InChI=1S/C26H14N6O2Se/c1-13-10-17-16-5-2-6-21-31(16)26(32(17)28-13)22-18(34-21)7-8-19-24(22)30-23-15(11-27-12-20(23)35(19)33)14-4-3-9-29(26)25(14)30/h2-12H,1H3/q+2. The van der Waals surface area contributed by atoms with E-state index in [0.717, 1.165) is 70.8 Å². The first-order valence-electron chi connectivity index (χ1n) is 11.4. The van der Waals surface area contributed by atoms with Gasteiger partial charge in [-0.3, -0.25) is 0 Å². The number of pyridine rings is 3. The summed E-state index contributed by atoms with van der Waals surface area (Å²) in [5, 5.41) is 7.16. The van der Waals surface area contributed by atoms with E-state index in [1.54, 1.807) is 6.20 Å². The van der Waals surface area contributed by atoms with E-state index in [1.165, 1.54) is 0 Å². The van der Waals surface area contributed by atoms with Crippen molar-refractivity contribution in [3.63, 3.8) is 0 Å². The van der Waals surface area contributed by atoms with Crippen LogP contribution in [0.3, 0.4) is 0 Å². The van der Waals surface area contributed by atoms with Crippen LogP contribution in [-0.2, 0) is 9.62 Å². The maximum atomic E-state index is 14.0. The third-order valence-electron chi connectivity index (χ3n) is 7.84. The summed E-state index contributed by atoms with van der Waals surface area (Å²) < 4.78 is 31.2. The Balaban J connectivity index is 1.60. The van der Waals surface area contributed by atoms with Gasteiger partial charge in [0.05, 0.1) is 0 Å². The van der Waals surface area contributed by atoms with Crippen LogP contribution in [0.25, 0.3) is 39.0 Å². The van der Waals surface area contributed by atoms with Crippen LogP contribution in [0.2, 0.25) is 0 Å². The molecule has 9 heterocycles. The SMILES string of the molecule is Cc1cc2n(n1)C13c4c(ccc5c4-n4c6c(cncc6c6ccc[n+]1c64)[Se]5=O)Oc1cccc-2[n+]13. The monoisotopic (exact) mass is 522 g/mol. The summed E-state index contributed by atoms with van der Waals surface area (Å²) in [5.74, 6) is 0.657. The molecule has 0 fully saturated rings. The fraction of sp³-hybridized carbons (Fsp3) is 0.0769. The number of aromatic nitrogens is 6. The summed E-state index contributed by atoms with van der Waals surface area (Å²) >= 11 is -2.56. The van der Waals surface area contributed by atoms with E-state index in [1.807, 2.05) is 37.4 Å². The van der Waals surface area contributed by atoms with Crippen molar-refractivity contribution in [2.24, 2.45) is 0 Å². The van der Waals surface area contributed by atoms with Gasteiger partial charge >= 0.3 is 202 Å². The predicted octanol–water partition coefficient (Wildman–Crippen LogP) is 1.26. The number of nitrogens with zero attached hydrogens (tertiary/aromatic N) is 6. The topological polar surface area (TPSA) is 69.7 Å². The molecule has 4 aliphatic rings. The van der Waals surface area contributed by atoms with Crippen LogP contribution in [0.4, 0.5) is 0 Å². The van der Waals surface area contributed by atoms with Gasteiger partial charge in [-0.1, -0.05) is 0 Å². The van der Waals surface area contributed by atoms with Crippen LogP contribution in [-0.4, -0.2) is 33.2 Å². The third kappa shape index (κ3) is 1.53. The fourth-order valence-electron chi connectivity index (χ4n) is 6.73. The normalized spacial score (nSPS) is 20.9. The van der Waals surface area contributed by atoms with Crippen molar-refractivity contribution >= 4 is 44.7 Å². The molecule has 2 atom stereocenters. The summed E-state index contributed by atoms with van der Waals surface area (Å²) in [6.45, 7) is 2.03. The Morgan fingerprint density at radius 2 is 2.00 bits per heavy atom. The average molecular weight is 521 g/mol. The second kappa shape index (κ2) is 5.07. The summed E-state index contributed by atoms with van der Waals surface area (Å²) in [7, 11) is 0. The molecule has 0 N–H and O–H groups in total. The van der Waals surface area contributed by atoms with E-state index in [-0.39, 0.29) is 0 Å². The molecule has 0 amide bonds. The van der Waals surface area contributed by atoms with E-state index in [0.29, 0.717) is 0 Å². The Morgan fingerprint density at radius 1 is 1.06 bits per heavy atom. The molecule has 5 aromatic heterocycles. The molecule has 1 aromatic carbocycles. The zero-order valence-electron chi connectivity index (χ0n) is 18.3. The molecule has 4 aliphatic heterocycles. The number of hydrogen-bond donors (Lipinski definition) is 0. The summed E-state index contributed by atoms with van der Waals surface area (Å²) in [4.78, 5) is 4.50. The molecule has 10 rings (SSSR count). The number of benzene rings is 1. The van der Waals surface area contributed by atoms with Crippen molar-refractivity contribution in [2.75, 3.05) is 0 Å². The van der Waals surface area contributed by atoms with Gasteiger partial charge < -0.3 is 0 Å². The molecular weight excluding hydrogens is 507 g/mol. The molecule has 0 aliphatic carbocycles. The van der Waals surface area contributed by atoms with Crippen LogP contribution >= 0.6 is 0 Å². The van der Waals surface area contributed by atoms with Crippen molar-refractivity contribution in [3.05, 3.63) is 78.4 Å². The number of aryl methyl sites for hydroxylation is 1. The molecule has 0 radical (unpaired) electrons. The molecule has 0 saturated heterocycles. The molecule has 1 spiro atoms. The molecule has 2 unspecified atom stereocenters. The fourth-order valence-corrected chi connectivity index (χ4v) is 9.52. The summed E-state index contributed by atoms with van der Waals surface area (Å²) in [6, 6.07) is 16.4. The van der Waals surface area contributed by atoms with Gasteiger partial charge in [0.2, 0.25) is 0 Å². The molecule has 35 heavy (non-hydrogen) atoms.